The maximum atomic E-state index is 5.57. The molecule has 0 aliphatic carbocycles. The van der Waals surface area contributed by atoms with E-state index in [2.05, 4.69) is 45.0 Å². The lowest BCUT2D eigenvalue weighted by Crippen LogP contribution is -2.34. The average Bonchev–Trinajstić information content (AvgIpc) is 3.00. The molecule has 1 unspecified atom stereocenters. The summed E-state index contributed by atoms with van der Waals surface area (Å²) in [6.45, 7) is 4.95. The van der Waals surface area contributed by atoms with Crippen molar-refractivity contribution in [2.75, 3.05) is 25.6 Å². The number of nitrogens with zero attached hydrogens (tertiary/aromatic N) is 3. The Kier molecular flexibility index (Phi) is 3.84. The zero-order valence-corrected chi connectivity index (χ0v) is 12.8. The van der Waals surface area contributed by atoms with E-state index in [1.165, 1.54) is 11.3 Å². The lowest BCUT2D eigenvalue weighted by atomic mass is 10.0. The number of imidazole rings is 1. The number of methoxy groups -OCH3 is 1. The topological polar surface area (TPSA) is 42.3 Å². The van der Waals surface area contributed by atoms with Gasteiger partial charge in [-0.1, -0.05) is 6.07 Å². The summed E-state index contributed by atoms with van der Waals surface area (Å²) in [7, 11) is 3.71. The van der Waals surface area contributed by atoms with Crippen LogP contribution in [0.4, 0.5) is 5.69 Å². The van der Waals surface area contributed by atoms with Crippen LogP contribution in [-0.4, -0.2) is 30.3 Å². The SMILES string of the molecule is CNC(C)c1c(OC)cccc1N1CCn2ccnc2C1. The van der Waals surface area contributed by atoms with Gasteiger partial charge in [-0.25, -0.2) is 4.98 Å². The van der Waals surface area contributed by atoms with Crippen LogP contribution in [0.2, 0.25) is 0 Å². The minimum Gasteiger partial charge on any atom is -0.496 e. The number of rotatable bonds is 4. The molecule has 0 amide bonds. The van der Waals surface area contributed by atoms with Crippen molar-refractivity contribution >= 4 is 5.69 Å². The Morgan fingerprint density at radius 2 is 2.19 bits per heavy atom. The van der Waals surface area contributed by atoms with Gasteiger partial charge < -0.3 is 19.5 Å². The van der Waals surface area contributed by atoms with Gasteiger partial charge in [0.2, 0.25) is 0 Å². The van der Waals surface area contributed by atoms with Crippen molar-refractivity contribution < 1.29 is 4.74 Å². The molecular formula is C16H22N4O. The van der Waals surface area contributed by atoms with Gasteiger partial charge in [0.05, 0.1) is 13.7 Å². The number of aromatic nitrogens is 2. The lowest BCUT2D eigenvalue weighted by molar-refractivity contribution is 0.403. The van der Waals surface area contributed by atoms with E-state index in [1.54, 1.807) is 7.11 Å². The largest absolute Gasteiger partial charge is 0.496 e. The molecule has 5 heteroatoms. The normalized spacial score (nSPS) is 15.7. The molecule has 0 fully saturated rings. The van der Waals surface area contributed by atoms with Gasteiger partial charge in [-0.3, -0.25) is 0 Å². The zero-order chi connectivity index (χ0) is 14.8. The Balaban J connectivity index is 1.99. The molecule has 112 valence electrons. The van der Waals surface area contributed by atoms with Crippen LogP contribution in [0.1, 0.15) is 24.4 Å². The Labute approximate surface area is 125 Å². The molecule has 0 bridgehead atoms. The number of ether oxygens (including phenoxy) is 1. The van der Waals surface area contributed by atoms with Gasteiger partial charge in [0.15, 0.2) is 0 Å². The molecule has 1 aromatic heterocycles. The fourth-order valence-corrected chi connectivity index (χ4v) is 2.94. The monoisotopic (exact) mass is 286 g/mol. The average molecular weight is 286 g/mol. The molecule has 0 spiro atoms. The number of fused-ring (bicyclic) bond motifs is 1. The second-order valence-corrected chi connectivity index (χ2v) is 5.36. The molecule has 5 nitrogen and oxygen atoms in total. The molecule has 2 aromatic rings. The van der Waals surface area contributed by atoms with E-state index >= 15 is 0 Å². The van der Waals surface area contributed by atoms with Gasteiger partial charge in [0.25, 0.3) is 0 Å². The first kappa shape index (κ1) is 13.9. The van der Waals surface area contributed by atoms with Crippen molar-refractivity contribution in [3.63, 3.8) is 0 Å². The first-order valence-corrected chi connectivity index (χ1v) is 7.33. The molecule has 1 aliphatic heterocycles. The number of hydrogen-bond acceptors (Lipinski definition) is 4. The standard InChI is InChI=1S/C16H22N4O/c1-12(17-2)16-13(5-4-6-14(16)21-3)20-10-9-19-8-7-18-15(19)11-20/h4-8,12,17H,9-11H2,1-3H3. The van der Waals surface area contributed by atoms with Crippen LogP contribution in [-0.2, 0) is 13.1 Å². The van der Waals surface area contributed by atoms with Crippen molar-refractivity contribution in [3.8, 4) is 5.75 Å². The number of hydrogen-bond donors (Lipinski definition) is 1. The highest BCUT2D eigenvalue weighted by atomic mass is 16.5. The quantitative estimate of drug-likeness (QED) is 0.935. The molecule has 1 aliphatic rings. The first-order chi connectivity index (χ1) is 10.2. The molecule has 0 saturated carbocycles. The van der Waals surface area contributed by atoms with Gasteiger partial charge in [-0.05, 0) is 26.1 Å². The Hall–Kier alpha value is -2.01. The van der Waals surface area contributed by atoms with E-state index in [0.717, 1.165) is 31.2 Å². The van der Waals surface area contributed by atoms with Crippen molar-refractivity contribution in [1.29, 1.82) is 0 Å². The summed E-state index contributed by atoms with van der Waals surface area (Å²) in [5.41, 5.74) is 2.44. The molecule has 0 saturated heterocycles. The minimum atomic E-state index is 0.234. The molecule has 1 aromatic carbocycles. The van der Waals surface area contributed by atoms with Gasteiger partial charge in [0, 0.05) is 42.8 Å². The summed E-state index contributed by atoms with van der Waals surface area (Å²) in [6.07, 6.45) is 3.93. The summed E-state index contributed by atoms with van der Waals surface area (Å²) in [5, 5.41) is 3.32. The highest BCUT2D eigenvalue weighted by Crippen LogP contribution is 2.35. The Morgan fingerprint density at radius 1 is 1.33 bits per heavy atom. The molecule has 21 heavy (non-hydrogen) atoms. The van der Waals surface area contributed by atoms with Gasteiger partial charge in [-0.15, -0.1) is 0 Å². The van der Waals surface area contributed by atoms with Gasteiger partial charge >= 0.3 is 0 Å². The summed E-state index contributed by atoms with van der Waals surface area (Å²) >= 11 is 0. The van der Waals surface area contributed by atoms with E-state index in [1.807, 2.05) is 19.3 Å². The van der Waals surface area contributed by atoms with Crippen LogP contribution >= 0.6 is 0 Å². The van der Waals surface area contributed by atoms with Crippen molar-refractivity contribution in [2.45, 2.75) is 26.1 Å². The minimum absolute atomic E-state index is 0.234. The van der Waals surface area contributed by atoms with Crippen LogP contribution in [0.5, 0.6) is 5.75 Å². The smallest absolute Gasteiger partial charge is 0.128 e. The van der Waals surface area contributed by atoms with E-state index in [4.69, 9.17) is 4.74 Å². The van der Waals surface area contributed by atoms with Gasteiger partial charge in [0.1, 0.15) is 11.6 Å². The summed E-state index contributed by atoms with van der Waals surface area (Å²) < 4.78 is 7.79. The predicted molar refractivity (Wildman–Crippen MR) is 83.7 cm³/mol. The van der Waals surface area contributed by atoms with Crippen molar-refractivity contribution in [2.24, 2.45) is 0 Å². The van der Waals surface area contributed by atoms with Crippen LogP contribution < -0.4 is 15.0 Å². The van der Waals surface area contributed by atoms with E-state index in [0.29, 0.717) is 0 Å². The molecule has 1 atom stereocenters. The predicted octanol–water partition coefficient (Wildman–Crippen LogP) is 2.19. The molecule has 2 heterocycles. The third-order valence-corrected chi connectivity index (χ3v) is 4.21. The second kappa shape index (κ2) is 5.77. The van der Waals surface area contributed by atoms with Crippen LogP contribution in [0.15, 0.2) is 30.6 Å². The number of nitrogens with one attached hydrogen (secondary N) is 1. The molecule has 1 N–H and O–H groups in total. The maximum absolute atomic E-state index is 5.57. The first-order valence-electron chi connectivity index (χ1n) is 7.33. The van der Waals surface area contributed by atoms with Crippen molar-refractivity contribution in [1.82, 2.24) is 14.9 Å². The summed E-state index contributed by atoms with van der Waals surface area (Å²) in [5.74, 6) is 2.05. The highest BCUT2D eigenvalue weighted by molar-refractivity contribution is 5.61. The maximum Gasteiger partial charge on any atom is 0.128 e. The fourth-order valence-electron chi connectivity index (χ4n) is 2.94. The number of anilines is 1. The second-order valence-electron chi connectivity index (χ2n) is 5.36. The lowest BCUT2D eigenvalue weighted by Gasteiger charge is -2.33. The Bertz CT molecular complexity index is 622. The van der Waals surface area contributed by atoms with Crippen molar-refractivity contribution in [3.05, 3.63) is 42.0 Å². The summed E-state index contributed by atoms with van der Waals surface area (Å²) in [6, 6.07) is 6.49. The van der Waals surface area contributed by atoms with E-state index in [9.17, 15) is 0 Å². The fraction of sp³-hybridized carbons (Fsp3) is 0.438. The van der Waals surface area contributed by atoms with Crippen LogP contribution in [0.3, 0.4) is 0 Å². The van der Waals surface area contributed by atoms with E-state index in [-0.39, 0.29) is 6.04 Å². The molecule has 0 radical (unpaired) electrons. The zero-order valence-electron chi connectivity index (χ0n) is 12.8. The third kappa shape index (κ3) is 2.49. The third-order valence-electron chi connectivity index (χ3n) is 4.21. The van der Waals surface area contributed by atoms with Crippen LogP contribution in [0.25, 0.3) is 0 Å². The molecule has 3 rings (SSSR count). The molecular weight excluding hydrogens is 264 g/mol. The Morgan fingerprint density at radius 3 is 2.95 bits per heavy atom. The van der Waals surface area contributed by atoms with Crippen LogP contribution in [0, 0.1) is 0 Å². The summed E-state index contributed by atoms with van der Waals surface area (Å²) in [4.78, 5) is 6.83. The van der Waals surface area contributed by atoms with Gasteiger partial charge in [-0.2, -0.15) is 0 Å². The number of benzene rings is 1. The highest BCUT2D eigenvalue weighted by Gasteiger charge is 2.23. The van der Waals surface area contributed by atoms with E-state index < -0.39 is 0 Å².